The number of carbonyl (C=O) groups excluding carboxylic acids is 1. The highest BCUT2D eigenvalue weighted by Gasteiger charge is 2.16. The summed E-state index contributed by atoms with van der Waals surface area (Å²) in [5.74, 6) is 1.71. The highest BCUT2D eigenvalue weighted by Crippen LogP contribution is 2.31. The van der Waals surface area contributed by atoms with E-state index in [4.69, 9.17) is 9.47 Å². The Balaban J connectivity index is 1.56. The highest BCUT2D eigenvalue weighted by atomic mass is 16.6. The zero-order valence-electron chi connectivity index (χ0n) is 15.5. The zero-order chi connectivity index (χ0) is 18.4. The second-order valence-electron chi connectivity index (χ2n) is 6.54. The molecule has 0 atom stereocenters. The zero-order valence-corrected chi connectivity index (χ0v) is 15.5. The van der Waals surface area contributed by atoms with Crippen LogP contribution in [0.2, 0.25) is 0 Å². The van der Waals surface area contributed by atoms with E-state index in [1.807, 2.05) is 60.2 Å². The van der Waals surface area contributed by atoms with Crippen LogP contribution in [-0.2, 0) is 17.9 Å². The number of nitrogens with zero attached hydrogens (tertiary/aromatic N) is 2. The third-order valence-electron chi connectivity index (χ3n) is 4.41. The van der Waals surface area contributed by atoms with E-state index in [0.717, 1.165) is 22.6 Å². The Kier molecular flexibility index (Phi) is 6.12. The molecule has 0 saturated heterocycles. The molecule has 138 valence electrons. The van der Waals surface area contributed by atoms with Crippen molar-refractivity contribution in [1.82, 2.24) is 9.80 Å². The van der Waals surface area contributed by atoms with Crippen molar-refractivity contribution in [1.29, 1.82) is 0 Å². The van der Waals surface area contributed by atoms with Crippen molar-refractivity contribution in [2.45, 2.75) is 20.0 Å². The maximum absolute atomic E-state index is 12.7. The number of fused-ring (bicyclic) bond motifs is 1. The molecule has 1 aliphatic heterocycles. The number of rotatable bonds is 7. The number of carbonyl (C=O) groups is 1. The summed E-state index contributed by atoms with van der Waals surface area (Å²) in [6.45, 7) is 5.60. The minimum atomic E-state index is 0.136. The fourth-order valence-corrected chi connectivity index (χ4v) is 3.06. The predicted molar refractivity (Wildman–Crippen MR) is 101 cm³/mol. The van der Waals surface area contributed by atoms with E-state index in [0.29, 0.717) is 39.4 Å². The fraction of sp³-hybridized carbons (Fsp3) is 0.381. The smallest absolute Gasteiger partial charge is 0.237 e. The van der Waals surface area contributed by atoms with Crippen LogP contribution in [0.5, 0.6) is 11.5 Å². The van der Waals surface area contributed by atoms with Gasteiger partial charge in [0.1, 0.15) is 13.2 Å². The predicted octanol–water partition coefficient (Wildman–Crippen LogP) is 2.94. The van der Waals surface area contributed by atoms with Gasteiger partial charge < -0.3 is 14.4 Å². The van der Waals surface area contributed by atoms with Gasteiger partial charge in [0, 0.05) is 19.6 Å². The van der Waals surface area contributed by atoms with E-state index < -0.39 is 0 Å². The molecule has 1 heterocycles. The van der Waals surface area contributed by atoms with Gasteiger partial charge in [0.05, 0.1) is 6.54 Å². The summed E-state index contributed by atoms with van der Waals surface area (Å²) in [7, 11) is 1.96. The quantitative estimate of drug-likeness (QED) is 0.767. The summed E-state index contributed by atoms with van der Waals surface area (Å²) in [5.41, 5.74) is 2.26. The summed E-state index contributed by atoms with van der Waals surface area (Å²) in [6.07, 6.45) is 0. The molecule has 0 aliphatic carbocycles. The van der Waals surface area contributed by atoms with Crippen LogP contribution in [0.25, 0.3) is 0 Å². The summed E-state index contributed by atoms with van der Waals surface area (Å²) in [6, 6.07) is 16.1. The number of hydrogen-bond acceptors (Lipinski definition) is 4. The van der Waals surface area contributed by atoms with Crippen molar-refractivity contribution in [3.63, 3.8) is 0 Å². The van der Waals surface area contributed by atoms with Crippen LogP contribution < -0.4 is 9.47 Å². The van der Waals surface area contributed by atoms with Crippen molar-refractivity contribution < 1.29 is 14.3 Å². The molecule has 5 heteroatoms. The molecule has 0 spiro atoms. The van der Waals surface area contributed by atoms with Gasteiger partial charge in [-0.15, -0.1) is 0 Å². The SMILES string of the molecule is CCN(Cc1ccccc1)C(=O)CN(C)Cc1ccc2c(c1)OCCO2. The van der Waals surface area contributed by atoms with Gasteiger partial charge in [-0.25, -0.2) is 0 Å². The van der Waals surface area contributed by atoms with Gasteiger partial charge in [-0.05, 0) is 37.2 Å². The fourth-order valence-electron chi connectivity index (χ4n) is 3.06. The van der Waals surface area contributed by atoms with Crippen molar-refractivity contribution in [3.8, 4) is 11.5 Å². The van der Waals surface area contributed by atoms with Gasteiger partial charge in [-0.1, -0.05) is 36.4 Å². The molecule has 0 unspecified atom stereocenters. The van der Waals surface area contributed by atoms with Gasteiger partial charge in [-0.2, -0.15) is 0 Å². The molecule has 3 rings (SSSR count). The van der Waals surface area contributed by atoms with E-state index in [1.165, 1.54) is 0 Å². The minimum absolute atomic E-state index is 0.136. The molecule has 26 heavy (non-hydrogen) atoms. The van der Waals surface area contributed by atoms with Crippen molar-refractivity contribution in [2.24, 2.45) is 0 Å². The number of likely N-dealkylation sites (N-methyl/N-ethyl adjacent to an activating group) is 2. The second-order valence-corrected chi connectivity index (χ2v) is 6.54. The Bertz CT molecular complexity index is 733. The van der Waals surface area contributed by atoms with Crippen LogP contribution in [0.15, 0.2) is 48.5 Å². The molecular weight excluding hydrogens is 328 g/mol. The summed E-state index contributed by atoms with van der Waals surface area (Å²) in [5, 5.41) is 0. The number of benzene rings is 2. The standard InChI is InChI=1S/C21H26N2O3/c1-3-23(15-17-7-5-4-6-8-17)21(24)16-22(2)14-18-9-10-19-20(13-18)26-12-11-25-19/h4-10,13H,3,11-12,14-16H2,1-2H3. The molecule has 0 bridgehead atoms. The monoisotopic (exact) mass is 354 g/mol. The lowest BCUT2D eigenvalue weighted by molar-refractivity contribution is -0.132. The normalized spacial score (nSPS) is 12.9. The van der Waals surface area contributed by atoms with E-state index in [1.54, 1.807) is 0 Å². The first-order valence-corrected chi connectivity index (χ1v) is 9.04. The second kappa shape index (κ2) is 8.72. The van der Waals surface area contributed by atoms with Crippen molar-refractivity contribution in [3.05, 3.63) is 59.7 Å². The summed E-state index contributed by atoms with van der Waals surface area (Å²) >= 11 is 0. The van der Waals surface area contributed by atoms with Gasteiger partial charge in [0.2, 0.25) is 5.91 Å². The average Bonchev–Trinajstić information content (AvgIpc) is 2.66. The van der Waals surface area contributed by atoms with E-state index >= 15 is 0 Å². The first-order chi connectivity index (χ1) is 12.7. The Morgan fingerprint density at radius 2 is 1.69 bits per heavy atom. The molecular formula is C21H26N2O3. The third-order valence-corrected chi connectivity index (χ3v) is 4.41. The van der Waals surface area contributed by atoms with E-state index in [2.05, 4.69) is 12.1 Å². The summed E-state index contributed by atoms with van der Waals surface area (Å²) in [4.78, 5) is 16.6. The minimum Gasteiger partial charge on any atom is -0.486 e. The van der Waals surface area contributed by atoms with Gasteiger partial charge in [-0.3, -0.25) is 9.69 Å². The van der Waals surface area contributed by atoms with Crippen LogP contribution in [0, 0.1) is 0 Å². The van der Waals surface area contributed by atoms with Gasteiger partial charge >= 0.3 is 0 Å². The van der Waals surface area contributed by atoms with E-state index in [9.17, 15) is 4.79 Å². The van der Waals surface area contributed by atoms with Crippen molar-refractivity contribution >= 4 is 5.91 Å². The summed E-state index contributed by atoms with van der Waals surface area (Å²) < 4.78 is 11.2. The van der Waals surface area contributed by atoms with Crippen LogP contribution in [0.4, 0.5) is 0 Å². The molecule has 0 fully saturated rings. The van der Waals surface area contributed by atoms with Crippen LogP contribution in [0.3, 0.4) is 0 Å². The van der Waals surface area contributed by atoms with E-state index in [-0.39, 0.29) is 5.91 Å². The Hall–Kier alpha value is -2.53. The van der Waals surface area contributed by atoms with Gasteiger partial charge in [0.15, 0.2) is 11.5 Å². The molecule has 2 aromatic rings. The number of ether oxygens (including phenoxy) is 2. The average molecular weight is 354 g/mol. The molecule has 0 radical (unpaired) electrons. The molecule has 2 aromatic carbocycles. The lowest BCUT2D eigenvalue weighted by Crippen LogP contribution is -2.38. The molecule has 0 saturated carbocycles. The molecule has 0 N–H and O–H groups in total. The molecule has 1 aliphatic rings. The lowest BCUT2D eigenvalue weighted by atomic mass is 10.2. The largest absolute Gasteiger partial charge is 0.486 e. The van der Waals surface area contributed by atoms with Crippen LogP contribution in [0.1, 0.15) is 18.1 Å². The first-order valence-electron chi connectivity index (χ1n) is 9.04. The Morgan fingerprint density at radius 3 is 2.42 bits per heavy atom. The molecule has 5 nitrogen and oxygen atoms in total. The van der Waals surface area contributed by atoms with Gasteiger partial charge in [0.25, 0.3) is 0 Å². The Labute approximate surface area is 155 Å². The highest BCUT2D eigenvalue weighted by molar-refractivity contribution is 5.78. The topological polar surface area (TPSA) is 42.0 Å². The third kappa shape index (κ3) is 4.76. The van der Waals surface area contributed by atoms with Crippen LogP contribution in [-0.4, -0.2) is 49.1 Å². The first kappa shape index (κ1) is 18.3. The number of amides is 1. The maximum Gasteiger partial charge on any atom is 0.237 e. The maximum atomic E-state index is 12.7. The molecule has 1 amide bonds. The number of hydrogen-bond donors (Lipinski definition) is 0. The lowest BCUT2D eigenvalue weighted by Gasteiger charge is -2.25. The van der Waals surface area contributed by atoms with Crippen molar-refractivity contribution in [2.75, 3.05) is 33.4 Å². The Morgan fingerprint density at radius 1 is 0.962 bits per heavy atom. The van der Waals surface area contributed by atoms with Crippen LogP contribution >= 0.6 is 0 Å². The molecule has 0 aromatic heterocycles.